The molecule has 1 aromatic rings. The van der Waals surface area contributed by atoms with Gasteiger partial charge in [-0.3, -0.25) is 10.2 Å². The normalized spacial score (nSPS) is 15.4. The standard InChI is InChI=1S/C14H18N2O4/c17-13(8-7-12-6-3-9-19-12)15-16-14(18)20-10-11-4-1-2-5-11/h3,6-9,11H,1-2,4-5,10H2,(H,15,17)(H,16,18)/b8-7+. The van der Waals surface area contributed by atoms with E-state index >= 15 is 0 Å². The van der Waals surface area contributed by atoms with Crippen LogP contribution >= 0.6 is 0 Å². The van der Waals surface area contributed by atoms with Crippen LogP contribution in [0.15, 0.2) is 28.9 Å². The number of carbonyl (C=O) groups excluding carboxylic acids is 2. The average Bonchev–Trinajstić information content (AvgIpc) is 3.13. The highest BCUT2D eigenvalue weighted by molar-refractivity contribution is 5.92. The Morgan fingerprint density at radius 3 is 2.85 bits per heavy atom. The van der Waals surface area contributed by atoms with Gasteiger partial charge in [0.05, 0.1) is 12.9 Å². The third-order valence-electron chi connectivity index (χ3n) is 3.15. The zero-order valence-corrected chi connectivity index (χ0v) is 11.1. The number of ether oxygens (including phenoxy) is 1. The van der Waals surface area contributed by atoms with Gasteiger partial charge in [0.15, 0.2) is 0 Å². The summed E-state index contributed by atoms with van der Waals surface area (Å²) in [5.41, 5.74) is 4.42. The SMILES string of the molecule is O=C(/C=C/c1ccco1)NNC(=O)OCC1CCCC1. The lowest BCUT2D eigenvalue weighted by atomic mass is 10.1. The van der Waals surface area contributed by atoms with Crippen LogP contribution in [-0.2, 0) is 9.53 Å². The maximum absolute atomic E-state index is 11.4. The average molecular weight is 278 g/mol. The molecule has 0 aliphatic heterocycles. The summed E-state index contributed by atoms with van der Waals surface area (Å²) in [6.45, 7) is 0.407. The van der Waals surface area contributed by atoms with Gasteiger partial charge in [-0.2, -0.15) is 0 Å². The number of furan rings is 1. The van der Waals surface area contributed by atoms with Crippen molar-refractivity contribution in [3.05, 3.63) is 30.2 Å². The van der Waals surface area contributed by atoms with Gasteiger partial charge in [0.25, 0.3) is 5.91 Å². The number of amides is 2. The molecule has 6 nitrogen and oxygen atoms in total. The molecular formula is C14H18N2O4. The minimum atomic E-state index is -0.642. The number of nitrogens with one attached hydrogen (secondary N) is 2. The Morgan fingerprint density at radius 1 is 1.35 bits per heavy atom. The molecule has 1 fully saturated rings. The molecule has 1 aliphatic carbocycles. The van der Waals surface area contributed by atoms with Gasteiger partial charge >= 0.3 is 6.09 Å². The second-order valence-corrected chi connectivity index (χ2v) is 4.71. The Kier molecular flexibility index (Phi) is 5.23. The molecule has 1 heterocycles. The lowest BCUT2D eigenvalue weighted by Gasteiger charge is -2.10. The van der Waals surface area contributed by atoms with Crippen molar-refractivity contribution in [2.45, 2.75) is 25.7 Å². The van der Waals surface area contributed by atoms with Crippen LogP contribution in [0, 0.1) is 5.92 Å². The smallest absolute Gasteiger partial charge is 0.426 e. The van der Waals surface area contributed by atoms with E-state index in [4.69, 9.17) is 9.15 Å². The van der Waals surface area contributed by atoms with Crippen molar-refractivity contribution in [1.82, 2.24) is 10.9 Å². The van der Waals surface area contributed by atoms with E-state index in [0.29, 0.717) is 18.3 Å². The molecule has 0 aromatic carbocycles. The molecule has 0 saturated heterocycles. The fourth-order valence-corrected chi connectivity index (χ4v) is 2.10. The van der Waals surface area contributed by atoms with Gasteiger partial charge in [-0.05, 0) is 37.0 Å². The predicted octanol–water partition coefficient (Wildman–Crippen LogP) is 2.24. The van der Waals surface area contributed by atoms with E-state index in [1.54, 1.807) is 12.1 Å². The Balaban J connectivity index is 1.61. The minimum absolute atomic E-state index is 0.407. The Morgan fingerprint density at radius 2 is 2.15 bits per heavy atom. The van der Waals surface area contributed by atoms with Crippen molar-refractivity contribution in [1.29, 1.82) is 0 Å². The van der Waals surface area contributed by atoms with Crippen LogP contribution < -0.4 is 10.9 Å². The molecule has 0 spiro atoms. The van der Waals surface area contributed by atoms with Crippen LogP contribution in [0.3, 0.4) is 0 Å². The number of carbonyl (C=O) groups is 2. The highest BCUT2D eigenvalue weighted by atomic mass is 16.6. The molecule has 2 rings (SSSR count). The summed E-state index contributed by atoms with van der Waals surface area (Å²) in [5, 5.41) is 0. The molecule has 0 atom stereocenters. The first kappa shape index (κ1) is 14.2. The second kappa shape index (κ2) is 7.37. The topological polar surface area (TPSA) is 80.6 Å². The number of rotatable bonds is 4. The van der Waals surface area contributed by atoms with Gasteiger partial charge in [0, 0.05) is 6.08 Å². The van der Waals surface area contributed by atoms with Crippen molar-refractivity contribution in [3.8, 4) is 0 Å². The summed E-state index contributed by atoms with van der Waals surface area (Å²) in [7, 11) is 0. The molecule has 0 unspecified atom stereocenters. The first-order valence-corrected chi connectivity index (χ1v) is 6.68. The summed E-state index contributed by atoms with van der Waals surface area (Å²) >= 11 is 0. The largest absolute Gasteiger partial charge is 0.465 e. The fourth-order valence-electron chi connectivity index (χ4n) is 2.10. The van der Waals surface area contributed by atoms with Gasteiger partial charge < -0.3 is 9.15 Å². The highest BCUT2D eigenvalue weighted by Crippen LogP contribution is 2.24. The predicted molar refractivity (Wildman–Crippen MR) is 72.3 cm³/mol. The van der Waals surface area contributed by atoms with Gasteiger partial charge in [-0.15, -0.1) is 0 Å². The minimum Gasteiger partial charge on any atom is -0.465 e. The molecule has 6 heteroatoms. The van der Waals surface area contributed by atoms with E-state index in [0.717, 1.165) is 12.8 Å². The zero-order valence-electron chi connectivity index (χ0n) is 11.1. The van der Waals surface area contributed by atoms with Gasteiger partial charge in [-0.25, -0.2) is 10.2 Å². The Bertz CT molecular complexity index is 462. The number of hydrazine groups is 1. The fraction of sp³-hybridized carbons (Fsp3) is 0.429. The monoisotopic (exact) mass is 278 g/mol. The van der Waals surface area contributed by atoms with Crippen LogP contribution in [0.4, 0.5) is 4.79 Å². The first-order valence-electron chi connectivity index (χ1n) is 6.68. The van der Waals surface area contributed by atoms with E-state index in [2.05, 4.69) is 10.9 Å². The van der Waals surface area contributed by atoms with E-state index in [1.165, 1.54) is 31.3 Å². The molecule has 108 valence electrons. The van der Waals surface area contributed by atoms with Crippen LogP contribution in [0.2, 0.25) is 0 Å². The third-order valence-corrected chi connectivity index (χ3v) is 3.15. The molecule has 2 N–H and O–H groups in total. The van der Waals surface area contributed by atoms with Crippen LogP contribution in [0.5, 0.6) is 0 Å². The molecule has 1 saturated carbocycles. The van der Waals surface area contributed by atoms with Crippen molar-refractivity contribution in [2.24, 2.45) is 5.92 Å². The maximum atomic E-state index is 11.4. The summed E-state index contributed by atoms with van der Waals surface area (Å²) in [6.07, 6.45) is 8.23. The zero-order chi connectivity index (χ0) is 14.2. The molecule has 0 bridgehead atoms. The first-order chi connectivity index (χ1) is 9.74. The molecule has 1 aromatic heterocycles. The van der Waals surface area contributed by atoms with Crippen LogP contribution in [-0.4, -0.2) is 18.6 Å². The van der Waals surface area contributed by atoms with Crippen LogP contribution in [0.1, 0.15) is 31.4 Å². The Hall–Kier alpha value is -2.24. The molecule has 2 amide bonds. The van der Waals surface area contributed by atoms with Crippen molar-refractivity contribution in [3.63, 3.8) is 0 Å². The number of hydrogen-bond acceptors (Lipinski definition) is 4. The van der Waals surface area contributed by atoms with Crippen molar-refractivity contribution < 1.29 is 18.7 Å². The molecule has 0 radical (unpaired) electrons. The third kappa shape index (κ3) is 4.79. The van der Waals surface area contributed by atoms with E-state index in [9.17, 15) is 9.59 Å². The summed E-state index contributed by atoms with van der Waals surface area (Å²) < 4.78 is 10.0. The Labute approximate surface area is 117 Å². The lowest BCUT2D eigenvalue weighted by Crippen LogP contribution is -2.41. The van der Waals surface area contributed by atoms with E-state index in [1.807, 2.05) is 0 Å². The molecule has 20 heavy (non-hydrogen) atoms. The van der Waals surface area contributed by atoms with Gasteiger partial charge in [-0.1, -0.05) is 12.8 Å². The quantitative estimate of drug-likeness (QED) is 0.654. The summed E-state index contributed by atoms with van der Waals surface area (Å²) in [4.78, 5) is 22.7. The summed E-state index contributed by atoms with van der Waals surface area (Å²) in [5.74, 6) is 0.554. The number of hydrogen-bond donors (Lipinski definition) is 2. The van der Waals surface area contributed by atoms with E-state index < -0.39 is 12.0 Å². The molecule has 1 aliphatic rings. The summed E-state index contributed by atoms with van der Waals surface area (Å²) in [6, 6.07) is 3.43. The maximum Gasteiger partial charge on any atom is 0.426 e. The van der Waals surface area contributed by atoms with Gasteiger partial charge in [0.1, 0.15) is 5.76 Å². The van der Waals surface area contributed by atoms with Crippen LogP contribution in [0.25, 0.3) is 6.08 Å². The van der Waals surface area contributed by atoms with Crippen molar-refractivity contribution >= 4 is 18.1 Å². The van der Waals surface area contributed by atoms with Gasteiger partial charge in [0.2, 0.25) is 0 Å². The van der Waals surface area contributed by atoms with E-state index in [-0.39, 0.29) is 0 Å². The lowest BCUT2D eigenvalue weighted by molar-refractivity contribution is -0.117. The highest BCUT2D eigenvalue weighted by Gasteiger charge is 2.16. The second-order valence-electron chi connectivity index (χ2n) is 4.71. The molecular weight excluding hydrogens is 260 g/mol. The van der Waals surface area contributed by atoms with Crippen molar-refractivity contribution in [2.75, 3.05) is 6.61 Å².